The Bertz CT molecular complexity index is 546. The Morgan fingerprint density at radius 1 is 1.32 bits per heavy atom. The summed E-state index contributed by atoms with van der Waals surface area (Å²) in [7, 11) is 0. The number of amides is 1. The van der Waals surface area contributed by atoms with Crippen LogP contribution in [0, 0.1) is 5.92 Å². The number of aromatic nitrogens is 2. The number of hydrogen-bond donors (Lipinski definition) is 0. The average molecular weight is 301 g/mol. The lowest BCUT2D eigenvalue weighted by Gasteiger charge is -2.36. The van der Waals surface area contributed by atoms with Gasteiger partial charge in [-0.1, -0.05) is 26.0 Å². The highest BCUT2D eigenvalue weighted by Gasteiger charge is 2.30. The number of hydrogen-bond acceptors (Lipinski definition) is 2. The van der Waals surface area contributed by atoms with Gasteiger partial charge in [-0.2, -0.15) is 0 Å². The van der Waals surface area contributed by atoms with E-state index < -0.39 is 0 Å². The van der Waals surface area contributed by atoms with E-state index in [1.807, 2.05) is 6.20 Å². The Morgan fingerprint density at radius 2 is 2.18 bits per heavy atom. The van der Waals surface area contributed by atoms with Gasteiger partial charge in [0.1, 0.15) is 5.82 Å². The number of imidazole rings is 1. The third-order valence-corrected chi connectivity index (χ3v) is 4.93. The smallest absolute Gasteiger partial charge is 0.226 e. The number of nitrogens with zero attached hydrogens (tertiary/aromatic N) is 3. The third kappa shape index (κ3) is 3.11. The van der Waals surface area contributed by atoms with Gasteiger partial charge in [0.05, 0.1) is 6.04 Å². The van der Waals surface area contributed by atoms with E-state index >= 15 is 0 Å². The van der Waals surface area contributed by atoms with E-state index in [9.17, 15) is 4.79 Å². The topological polar surface area (TPSA) is 38.1 Å². The minimum absolute atomic E-state index is 0.205. The maximum atomic E-state index is 12.8. The van der Waals surface area contributed by atoms with E-state index in [0.717, 1.165) is 51.0 Å². The molecule has 1 aliphatic carbocycles. The van der Waals surface area contributed by atoms with E-state index in [-0.39, 0.29) is 5.92 Å². The molecule has 120 valence electrons. The molecule has 1 aromatic rings. The number of carbonyl (C=O) groups is 1. The summed E-state index contributed by atoms with van der Waals surface area (Å²) in [5.41, 5.74) is 0. The maximum absolute atomic E-state index is 12.8. The van der Waals surface area contributed by atoms with Gasteiger partial charge < -0.3 is 9.47 Å². The Kier molecular flexibility index (Phi) is 4.65. The average Bonchev–Trinajstić information content (AvgIpc) is 3.05. The van der Waals surface area contributed by atoms with Gasteiger partial charge in [0.2, 0.25) is 5.91 Å². The third-order valence-electron chi connectivity index (χ3n) is 4.93. The van der Waals surface area contributed by atoms with Crippen LogP contribution in [0.1, 0.15) is 63.7 Å². The van der Waals surface area contributed by atoms with Crippen LogP contribution in [0.5, 0.6) is 0 Å². The second-order valence-corrected chi connectivity index (χ2v) is 6.91. The SMILES string of the molecule is CC(C)c1nccn1[C@H]1CCCN(C(=O)[C@H]2CC=CCC2)C1. The predicted molar refractivity (Wildman–Crippen MR) is 87.6 cm³/mol. The molecule has 0 unspecified atom stereocenters. The van der Waals surface area contributed by atoms with Crippen molar-refractivity contribution in [3.8, 4) is 0 Å². The first-order valence-corrected chi connectivity index (χ1v) is 8.63. The number of allylic oxidation sites excluding steroid dienone is 2. The standard InChI is InChI=1S/C18H27N3O/c1-14(2)17-19-10-12-21(17)16-9-6-11-20(13-16)18(22)15-7-4-3-5-8-15/h3-4,10,12,14-16H,5-9,11,13H2,1-2H3/t15-,16-/m0/s1. The summed E-state index contributed by atoms with van der Waals surface area (Å²) in [6, 6.07) is 0.386. The second kappa shape index (κ2) is 6.67. The fourth-order valence-corrected chi connectivity index (χ4v) is 3.74. The highest BCUT2D eigenvalue weighted by Crippen LogP contribution is 2.28. The molecular weight excluding hydrogens is 274 g/mol. The zero-order valence-corrected chi connectivity index (χ0v) is 13.7. The first-order chi connectivity index (χ1) is 10.7. The zero-order chi connectivity index (χ0) is 15.5. The Morgan fingerprint density at radius 3 is 2.91 bits per heavy atom. The molecule has 2 atom stereocenters. The molecule has 4 nitrogen and oxygen atoms in total. The van der Waals surface area contributed by atoms with E-state index in [4.69, 9.17) is 0 Å². The van der Waals surface area contributed by atoms with Crippen LogP contribution in [0.15, 0.2) is 24.5 Å². The monoisotopic (exact) mass is 301 g/mol. The number of carbonyl (C=O) groups excluding carboxylic acids is 1. The first-order valence-electron chi connectivity index (χ1n) is 8.63. The van der Waals surface area contributed by atoms with Crippen molar-refractivity contribution in [2.24, 2.45) is 5.92 Å². The van der Waals surface area contributed by atoms with Gasteiger partial charge in [-0.15, -0.1) is 0 Å². The molecule has 4 heteroatoms. The van der Waals surface area contributed by atoms with Crippen LogP contribution in [0.2, 0.25) is 0 Å². The first kappa shape index (κ1) is 15.3. The van der Waals surface area contributed by atoms with E-state index in [1.165, 1.54) is 0 Å². The molecule has 0 aromatic carbocycles. The Labute approximate surface area is 133 Å². The molecule has 0 saturated carbocycles. The molecule has 0 bridgehead atoms. The van der Waals surface area contributed by atoms with Crippen LogP contribution in [-0.4, -0.2) is 33.4 Å². The lowest BCUT2D eigenvalue weighted by atomic mass is 9.92. The summed E-state index contributed by atoms with van der Waals surface area (Å²) in [6.45, 7) is 6.12. The summed E-state index contributed by atoms with van der Waals surface area (Å²) in [6.07, 6.45) is 13.6. The van der Waals surface area contributed by atoms with Gasteiger partial charge >= 0.3 is 0 Å². The molecule has 2 heterocycles. The molecule has 3 rings (SSSR count). The largest absolute Gasteiger partial charge is 0.340 e. The number of rotatable bonds is 3. The number of likely N-dealkylation sites (tertiary alicyclic amines) is 1. The van der Waals surface area contributed by atoms with Crippen LogP contribution in [0.25, 0.3) is 0 Å². The van der Waals surface area contributed by atoms with Crippen molar-refractivity contribution < 1.29 is 4.79 Å². The molecule has 0 radical (unpaired) electrons. The van der Waals surface area contributed by atoms with Gasteiger partial charge in [0.25, 0.3) is 0 Å². The lowest BCUT2D eigenvalue weighted by Crippen LogP contribution is -2.44. The zero-order valence-electron chi connectivity index (χ0n) is 13.7. The minimum atomic E-state index is 0.205. The molecule has 1 amide bonds. The molecule has 1 aliphatic heterocycles. The maximum Gasteiger partial charge on any atom is 0.226 e. The summed E-state index contributed by atoms with van der Waals surface area (Å²) in [5.74, 6) is 2.13. The molecule has 2 aliphatic rings. The van der Waals surface area contributed by atoms with E-state index in [0.29, 0.717) is 17.9 Å². The van der Waals surface area contributed by atoms with Gasteiger partial charge in [-0.05, 0) is 32.1 Å². The van der Waals surface area contributed by atoms with E-state index in [2.05, 4.69) is 46.6 Å². The quantitative estimate of drug-likeness (QED) is 0.801. The predicted octanol–water partition coefficient (Wildman–Crippen LogP) is 3.53. The summed E-state index contributed by atoms with van der Waals surface area (Å²) in [4.78, 5) is 19.4. The van der Waals surface area contributed by atoms with Crippen LogP contribution >= 0.6 is 0 Å². The Hall–Kier alpha value is -1.58. The highest BCUT2D eigenvalue weighted by molar-refractivity contribution is 5.79. The molecular formula is C18H27N3O. The van der Waals surface area contributed by atoms with Crippen molar-refractivity contribution in [3.63, 3.8) is 0 Å². The fraction of sp³-hybridized carbons (Fsp3) is 0.667. The Balaban J connectivity index is 1.70. The van der Waals surface area contributed by atoms with Crippen LogP contribution in [-0.2, 0) is 4.79 Å². The van der Waals surface area contributed by atoms with Gasteiger partial charge in [0, 0.05) is 37.3 Å². The molecule has 1 saturated heterocycles. The van der Waals surface area contributed by atoms with Crippen LogP contribution in [0.4, 0.5) is 0 Å². The van der Waals surface area contributed by atoms with Crippen molar-refractivity contribution in [2.75, 3.05) is 13.1 Å². The van der Waals surface area contributed by atoms with Crippen molar-refractivity contribution in [1.29, 1.82) is 0 Å². The van der Waals surface area contributed by atoms with Crippen LogP contribution in [0.3, 0.4) is 0 Å². The van der Waals surface area contributed by atoms with E-state index in [1.54, 1.807) is 0 Å². The van der Waals surface area contributed by atoms with Gasteiger partial charge in [-0.25, -0.2) is 4.98 Å². The van der Waals surface area contributed by atoms with Crippen molar-refractivity contribution >= 4 is 5.91 Å². The normalized spacial score (nSPS) is 25.7. The lowest BCUT2D eigenvalue weighted by molar-refractivity contribution is -0.137. The minimum Gasteiger partial charge on any atom is -0.340 e. The summed E-state index contributed by atoms with van der Waals surface area (Å²) >= 11 is 0. The molecule has 0 N–H and O–H groups in total. The highest BCUT2D eigenvalue weighted by atomic mass is 16.2. The molecule has 22 heavy (non-hydrogen) atoms. The number of piperidine rings is 1. The summed E-state index contributed by atoms with van der Waals surface area (Å²) < 4.78 is 2.30. The molecule has 1 aromatic heterocycles. The van der Waals surface area contributed by atoms with Crippen molar-refractivity contribution in [3.05, 3.63) is 30.4 Å². The van der Waals surface area contributed by atoms with Crippen molar-refractivity contribution in [2.45, 2.75) is 57.9 Å². The van der Waals surface area contributed by atoms with Crippen LogP contribution < -0.4 is 0 Å². The summed E-state index contributed by atoms with van der Waals surface area (Å²) in [5, 5.41) is 0. The molecule has 0 spiro atoms. The van der Waals surface area contributed by atoms with Gasteiger partial charge in [-0.3, -0.25) is 4.79 Å². The van der Waals surface area contributed by atoms with Gasteiger partial charge in [0.15, 0.2) is 0 Å². The fourth-order valence-electron chi connectivity index (χ4n) is 3.74. The van der Waals surface area contributed by atoms with Crippen molar-refractivity contribution in [1.82, 2.24) is 14.5 Å². The molecule has 1 fully saturated rings. The second-order valence-electron chi connectivity index (χ2n) is 6.91.